The maximum Gasteiger partial charge on any atom is 0.338 e. The highest BCUT2D eigenvalue weighted by atomic mass is 16.7. The first-order valence-electron chi connectivity index (χ1n) is 4.61. The maximum atomic E-state index is 11.3. The monoisotopic (exact) mass is 202 g/mol. The zero-order valence-corrected chi connectivity index (χ0v) is 8.32. The third kappa shape index (κ3) is 1.32. The lowest BCUT2D eigenvalue weighted by atomic mass is 9.93. The van der Waals surface area contributed by atoms with Crippen molar-refractivity contribution in [3.05, 3.63) is 0 Å². The topological polar surface area (TPSA) is 57.3 Å². The van der Waals surface area contributed by atoms with Crippen molar-refractivity contribution in [2.24, 2.45) is 0 Å². The van der Waals surface area contributed by atoms with E-state index in [0.29, 0.717) is 19.6 Å². The summed E-state index contributed by atoms with van der Waals surface area (Å²) in [6, 6.07) is 0. The van der Waals surface area contributed by atoms with Gasteiger partial charge in [-0.15, -0.1) is 0 Å². The van der Waals surface area contributed by atoms with Gasteiger partial charge in [-0.25, -0.2) is 4.79 Å². The highest BCUT2D eigenvalue weighted by Crippen LogP contribution is 2.46. The van der Waals surface area contributed by atoms with Crippen LogP contribution >= 0.6 is 0 Å². The molecule has 2 aliphatic rings. The first kappa shape index (κ1) is 9.89. The van der Waals surface area contributed by atoms with E-state index in [1.54, 1.807) is 7.11 Å². The van der Waals surface area contributed by atoms with Crippen LogP contribution in [0.2, 0.25) is 0 Å². The highest BCUT2D eigenvalue weighted by Gasteiger charge is 2.67. The summed E-state index contributed by atoms with van der Waals surface area (Å²) in [7, 11) is 2.95. The summed E-state index contributed by atoms with van der Waals surface area (Å²) in [5.74, 6) is -0.325. The Morgan fingerprint density at radius 3 is 2.93 bits per heavy atom. The summed E-state index contributed by atoms with van der Waals surface area (Å²) in [5.41, 5.74) is -0.486. The van der Waals surface area contributed by atoms with E-state index in [2.05, 4.69) is 4.74 Å². The van der Waals surface area contributed by atoms with Crippen molar-refractivity contribution in [3.63, 3.8) is 0 Å². The minimum absolute atomic E-state index is 0.166. The lowest BCUT2D eigenvalue weighted by Gasteiger charge is -2.27. The van der Waals surface area contributed by atoms with Gasteiger partial charge < -0.3 is 18.9 Å². The zero-order valence-electron chi connectivity index (χ0n) is 8.32. The molecular weight excluding hydrogens is 188 g/mol. The summed E-state index contributed by atoms with van der Waals surface area (Å²) in [6.07, 6.45) is 0.0485. The Balaban J connectivity index is 2.05. The van der Waals surface area contributed by atoms with Gasteiger partial charge in [0.1, 0.15) is 11.7 Å². The SMILES string of the molecule is COC(=O)C1OC12CCOCC2OC. The van der Waals surface area contributed by atoms with Crippen LogP contribution in [0, 0.1) is 0 Å². The zero-order chi connectivity index (χ0) is 10.2. The minimum Gasteiger partial charge on any atom is -0.467 e. The summed E-state index contributed by atoms with van der Waals surface area (Å²) < 4.78 is 20.5. The lowest BCUT2D eigenvalue weighted by Crippen LogP contribution is -2.44. The van der Waals surface area contributed by atoms with Gasteiger partial charge in [0.05, 0.1) is 13.7 Å². The number of carbonyl (C=O) groups is 1. The Kier molecular flexibility index (Phi) is 2.47. The Labute approximate surface area is 82.3 Å². The highest BCUT2D eigenvalue weighted by molar-refractivity contribution is 5.79. The predicted molar refractivity (Wildman–Crippen MR) is 45.9 cm³/mol. The standard InChI is InChI=1S/C9H14O5/c1-11-6-5-13-4-3-9(6)7(14-9)8(10)12-2/h6-7H,3-5H2,1-2H3. The molecule has 5 nitrogen and oxygen atoms in total. The first-order chi connectivity index (χ1) is 6.74. The molecule has 80 valence electrons. The van der Waals surface area contributed by atoms with Gasteiger partial charge in [-0.2, -0.15) is 0 Å². The van der Waals surface area contributed by atoms with Crippen molar-refractivity contribution in [2.75, 3.05) is 27.4 Å². The largest absolute Gasteiger partial charge is 0.467 e. The second kappa shape index (κ2) is 3.49. The van der Waals surface area contributed by atoms with Crippen LogP contribution in [-0.2, 0) is 23.7 Å². The Morgan fingerprint density at radius 2 is 2.29 bits per heavy atom. The van der Waals surface area contributed by atoms with Gasteiger partial charge in [0.2, 0.25) is 0 Å². The van der Waals surface area contributed by atoms with E-state index in [4.69, 9.17) is 14.2 Å². The van der Waals surface area contributed by atoms with Crippen molar-refractivity contribution in [2.45, 2.75) is 24.2 Å². The van der Waals surface area contributed by atoms with Gasteiger partial charge in [-0.1, -0.05) is 0 Å². The van der Waals surface area contributed by atoms with Gasteiger partial charge in [0, 0.05) is 20.1 Å². The number of carbonyl (C=O) groups excluding carboxylic acids is 1. The van der Waals surface area contributed by atoms with Crippen molar-refractivity contribution in [1.82, 2.24) is 0 Å². The Morgan fingerprint density at radius 1 is 1.50 bits per heavy atom. The molecule has 2 heterocycles. The molecule has 3 unspecified atom stereocenters. The van der Waals surface area contributed by atoms with E-state index in [0.717, 1.165) is 0 Å². The molecule has 0 N–H and O–H groups in total. The average molecular weight is 202 g/mol. The summed E-state index contributed by atoms with van der Waals surface area (Å²) in [6.45, 7) is 1.08. The molecule has 0 amide bonds. The van der Waals surface area contributed by atoms with E-state index < -0.39 is 11.7 Å². The molecule has 1 spiro atoms. The van der Waals surface area contributed by atoms with E-state index in [-0.39, 0.29) is 12.1 Å². The van der Waals surface area contributed by atoms with Gasteiger partial charge in [-0.05, 0) is 0 Å². The molecular formula is C9H14O5. The fourth-order valence-corrected chi connectivity index (χ4v) is 1.97. The van der Waals surface area contributed by atoms with Crippen molar-refractivity contribution < 1.29 is 23.7 Å². The lowest BCUT2D eigenvalue weighted by molar-refractivity contribution is -0.142. The number of rotatable bonds is 2. The molecule has 2 aliphatic heterocycles. The van der Waals surface area contributed by atoms with Crippen molar-refractivity contribution in [3.8, 4) is 0 Å². The third-order valence-corrected chi connectivity index (χ3v) is 2.87. The van der Waals surface area contributed by atoms with E-state index in [9.17, 15) is 4.79 Å². The van der Waals surface area contributed by atoms with Crippen LogP contribution in [0.25, 0.3) is 0 Å². The molecule has 0 aliphatic carbocycles. The molecule has 0 bridgehead atoms. The molecule has 2 rings (SSSR count). The van der Waals surface area contributed by atoms with Gasteiger partial charge in [0.25, 0.3) is 0 Å². The molecule has 0 aromatic carbocycles. The van der Waals surface area contributed by atoms with E-state index in [1.165, 1.54) is 7.11 Å². The third-order valence-electron chi connectivity index (χ3n) is 2.87. The number of hydrogen-bond donors (Lipinski definition) is 0. The molecule has 5 heteroatoms. The van der Waals surface area contributed by atoms with Crippen LogP contribution in [0.1, 0.15) is 6.42 Å². The van der Waals surface area contributed by atoms with Crippen LogP contribution in [-0.4, -0.2) is 51.2 Å². The summed E-state index contributed by atoms with van der Waals surface area (Å²) in [4.78, 5) is 11.3. The maximum absolute atomic E-state index is 11.3. The number of methoxy groups -OCH3 is 2. The van der Waals surface area contributed by atoms with Crippen LogP contribution in [0.15, 0.2) is 0 Å². The van der Waals surface area contributed by atoms with Crippen LogP contribution in [0.3, 0.4) is 0 Å². The fourth-order valence-electron chi connectivity index (χ4n) is 1.97. The van der Waals surface area contributed by atoms with Crippen LogP contribution in [0.4, 0.5) is 0 Å². The number of ether oxygens (including phenoxy) is 4. The molecule has 3 atom stereocenters. The van der Waals surface area contributed by atoms with Gasteiger partial charge in [-0.3, -0.25) is 0 Å². The first-order valence-corrected chi connectivity index (χ1v) is 4.61. The number of epoxide rings is 1. The van der Waals surface area contributed by atoms with E-state index >= 15 is 0 Å². The second-order valence-electron chi connectivity index (χ2n) is 3.53. The summed E-state index contributed by atoms with van der Waals surface area (Å²) >= 11 is 0. The molecule has 0 saturated carbocycles. The normalized spacial score (nSPS) is 41.0. The Hall–Kier alpha value is -0.650. The average Bonchev–Trinajstić information content (AvgIpc) is 2.93. The number of esters is 1. The van der Waals surface area contributed by atoms with Crippen LogP contribution < -0.4 is 0 Å². The molecule has 0 radical (unpaired) electrons. The quantitative estimate of drug-likeness (QED) is 0.456. The molecule has 0 aromatic heterocycles. The van der Waals surface area contributed by atoms with Crippen LogP contribution in [0.5, 0.6) is 0 Å². The molecule has 2 saturated heterocycles. The number of hydrogen-bond acceptors (Lipinski definition) is 5. The van der Waals surface area contributed by atoms with Gasteiger partial charge >= 0.3 is 5.97 Å². The molecule has 14 heavy (non-hydrogen) atoms. The molecule has 0 aromatic rings. The smallest absolute Gasteiger partial charge is 0.338 e. The van der Waals surface area contributed by atoms with Gasteiger partial charge in [0.15, 0.2) is 6.10 Å². The van der Waals surface area contributed by atoms with Crippen molar-refractivity contribution in [1.29, 1.82) is 0 Å². The summed E-state index contributed by atoms with van der Waals surface area (Å²) in [5, 5.41) is 0. The Bertz CT molecular complexity index is 241. The second-order valence-corrected chi connectivity index (χ2v) is 3.53. The van der Waals surface area contributed by atoms with Crippen molar-refractivity contribution >= 4 is 5.97 Å². The molecule has 2 fully saturated rings. The minimum atomic E-state index is -0.486. The van der Waals surface area contributed by atoms with E-state index in [1.807, 2.05) is 0 Å². The fraction of sp³-hybridized carbons (Fsp3) is 0.889. The predicted octanol–water partition coefficient (Wildman–Crippen LogP) is -0.268.